The van der Waals surface area contributed by atoms with E-state index in [9.17, 15) is 10.2 Å². The van der Waals surface area contributed by atoms with Gasteiger partial charge in [-0.2, -0.15) is 0 Å². The van der Waals surface area contributed by atoms with Crippen LogP contribution in [-0.4, -0.2) is 54.8 Å². The van der Waals surface area contributed by atoms with E-state index in [0.29, 0.717) is 11.0 Å². The molecule has 1 aliphatic heterocycles. The molecule has 0 saturated carbocycles. The minimum absolute atomic E-state index is 0.281. The maximum Gasteiger partial charge on any atom is 0.164 e. The summed E-state index contributed by atoms with van der Waals surface area (Å²) in [5, 5.41) is 28.8. The molecule has 5 N–H and O–H groups in total. The fraction of sp³-hybridized carbons (Fsp3) is 0.455. The van der Waals surface area contributed by atoms with Gasteiger partial charge in [-0.3, -0.25) is 0 Å². The number of ether oxygens (including phenoxy) is 1. The molecule has 102 valence electrons. The molecule has 0 bridgehead atoms. The first kappa shape index (κ1) is 12.3. The summed E-state index contributed by atoms with van der Waals surface area (Å²) in [7, 11) is 0. The van der Waals surface area contributed by atoms with Crippen molar-refractivity contribution in [3.63, 3.8) is 0 Å². The summed E-state index contributed by atoms with van der Waals surface area (Å²) in [6.07, 6.45) is -0.952. The predicted molar refractivity (Wildman–Crippen MR) is 64.9 cm³/mol. The van der Waals surface area contributed by atoms with Gasteiger partial charge in [-0.1, -0.05) is 0 Å². The van der Waals surface area contributed by atoms with Crippen LogP contribution in [0.3, 0.4) is 0 Å². The van der Waals surface area contributed by atoms with Gasteiger partial charge in [0.05, 0.1) is 18.5 Å². The van der Waals surface area contributed by atoms with E-state index in [1.807, 2.05) is 0 Å². The second-order valence-corrected chi connectivity index (χ2v) is 4.44. The van der Waals surface area contributed by atoms with Crippen LogP contribution in [0.1, 0.15) is 6.23 Å². The second kappa shape index (κ2) is 4.42. The van der Waals surface area contributed by atoms with E-state index in [0.717, 1.165) is 0 Å². The zero-order valence-corrected chi connectivity index (χ0v) is 9.92. The first-order chi connectivity index (χ1) is 9.13. The molecule has 0 radical (unpaired) electrons. The molecule has 1 aliphatic rings. The number of nitrogen functional groups attached to an aromatic ring is 1. The van der Waals surface area contributed by atoms with Crippen LogP contribution >= 0.6 is 0 Å². The minimum atomic E-state index is -1.15. The summed E-state index contributed by atoms with van der Waals surface area (Å²) in [6, 6.07) is 1.69. The molecule has 0 spiro atoms. The minimum Gasteiger partial charge on any atom is -0.394 e. The van der Waals surface area contributed by atoms with Gasteiger partial charge >= 0.3 is 0 Å². The Labute approximate surface area is 108 Å². The highest BCUT2D eigenvalue weighted by molar-refractivity contribution is 5.84. The van der Waals surface area contributed by atoms with Crippen molar-refractivity contribution in [1.29, 1.82) is 0 Å². The predicted octanol–water partition coefficient (Wildman–Crippen LogP) is -1.38. The molecule has 8 heteroatoms. The lowest BCUT2D eigenvalue weighted by Crippen LogP contribution is -2.33. The molecule has 0 aliphatic carbocycles. The summed E-state index contributed by atoms with van der Waals surface area (Å²) >= 11 is 0. The number of imidazole rings is 1. The molecule has 0 unspecified atom stereocenters. The molecule has 3 rings (SSSR count). The molecule has 2 aromatic rings. The molecule has 4 atom stereocenters. The maximum absolute atomic E-state index is 9.98. The smallest absolute Gasteiger partial charge is 0.164 e. The van der Waals surface area contributed by atoms with Gasteiger partial charge in [-0.05, 0) is 6.07 Å². The quantitative estimate of drug-likeness (QED) is 0.528. The zero-order chi connectivity index (χ0) is 13.6. The molecule has 1 fully saturated rings. The number of fused-ring (bicyclic) bond motifs is 1. The van der Waals surface area contributed by atoms with Gasteiger partial charge in [-0.25, -0.2) is 9.97 Å². The number of aromatic nitrogens is 3. The Kier molecular flexibility index (Phi) is 2.86. The Morgan fingerprint density at radius 3 is 2.79 bits per heavy atom. The van der Waals surface area contributed by atoms with Gasteiger partial charge in [0.25, 0.3) is 0 Å². The van der Waals surface area contributed by atoms with Crippen LogP contribution in [0.4, 0.5) is 5.82 Å². The largest absolute Gasteiger partial charge is 0.394 e. The van der Waals surface area contributed by atoms with Crippen molar-refractivity contribution in [3.8, 4) is 0 Å². The molecule has 0 aromatic carbocycles. The monoisotopic (exact) mass is 266 g/mol. The average molecular weight is 266 g/mol. The standard InChI is InChI=1S/C11H14N4O4/c12-10-7-5(1-2-13-10)15(4-14-7)11-9(18)8(17)6(3-16)19-11/h1-2,4,6,8-9,11,16-18H,3H2,(H2,12,13)/t6-,8-,9+,11+/m0/s1. The van der Waals surface area contributed by atoms with Crippen LogP contribution in [0.5, 0.6) is 0 Å². The molecule has 1 saturated heterocycles. The first-order valence-electron chi connectivity index (χ1n) is 5.83. The lowest BCUT2D eigenvalue weighted by Gasteiger charge is -2.16. The third-order valence-electron chi connectivity index (χ3n) is 3.31. The summed E-state index contributed by atoms with van der Waals surface area (Å²) in [5.74, 6) is 0.281. The van der Waals surface area contributed by atoms with E-state index in [1.165, 1.54) is 12.5 Å². The number of rotatable bonds is 2. The molecule has 19 heavy (non-hydrogen) atoms. The van der Waals surface area contributed by atoms with Crippen molar-refractivity contribution in [3.05, 3.63) is 18.6 Å². The van der Waals surface area contributed by atoms with E-state index in [-0.39, 0.29) is 12.4 Å². The fourth-order valence-electron chi connectivity index (χ4n) is 2.29. The average Bonchev–Trinajstić information content (AvgIpc) is 2.94. The van der Waals surface area contributed by atoms with Crippen LogP contribution in [0.15, 0.2) is 18.6 Å². The lowest BCUT2D eigenvalue weighted by molar-refractivity contribution is -0.0508. The number of aliphatic hydroxyl groups excluding tert-OH is 3. The van der Waals surface area contributed by atoms with Crippen LogP contribution in [0.2, 0.25) is 0 Å². The SMILES string of the molecule is Nc1nccc2c1ncn2[C@@H]1O[C@@H](CO)[C@H](O)[C@H]1O. The number of pyridine rings is 1. The van der Waals surface area contributed by atoms with Gasteiger partial charge in [0.2, 0.25) is 0 Å². The van der Waals surface area contributed by atoms with E-state index in [1.54, 1.807) is 10.6 Å². The Balaban J connectivity index is 2.04. The van der Waals surface area contributed by atoms with Crippen LogP contribution in [-0.2, 0) is 4.74 Å². The van der Waals surface area contributed by atoms with Crippen molar-refractivity contribution >= 4 is 16.9 Å². The van der Waals surface area contributed by atoms with E-state index >= 15 is 0 Å². The van der Waals surface area contributed by atoms with Gasteiger partial charge in [0, 0.05) is 6.20 Å². The van der Waals surface area contributed by atoms with E-state index < -0.39 is 24.5 Å². The van der Waals surface area contributed by atoms with Gasteiger partial charge in [-0.15, -0.1) is 0 Å². The lowest BCUT2D eigenvalue weighted by atomic mass is 10.1. The van der Waals surface area contributed by atoms with Crippen LogP contribution < -0.4 is 5.73 Å². The third kappa shape index (κ3) is 1.77. The van der Waals surface area contributed by atoms with Crippen molar-refractivity contribution in [2.24, 2.45) is 0 Å². The Bertz CT molecular complexity index is 601. The highest BCUT2D eigenvalue weighted by Gasteiger charge is 2.43. The zero-order valence-electron chi connectivity index (χ0n) is 9.92. The van der Waals surface area contributed by atoms with Crippen molar-refractivity contribution in [2.75, 3.05) is 12.3 Å². The highest BCUT2D eigenvalue weighted by atomic mass is 16.6. The van der Waals surface area contributed by atoms with Crippen molar-refractivity contribution in [1.82, 2.24) is 14.5 Å². The molecule has 2 aromatic heterocycles. The molecule has 3 heterocycles. The Morgan fingerprint density at radius 1 is 1.32 bits per heavy atom. The summed E-state index contributed by atoms with van der Waals surface area (Å²) in [4.78, 5) is 8.03. The van der Waals surface area contributed by atoms with Gasteiger partial charge in [0.15, 0.2) is 12.0 Å². The number of aliphatic hydroxyl groups is 3. The fourth-order valence-corrected chi connectivity index (χ4v) is 2.29. The number of hydrogen-bond donors (Lipinski definition) is 4. The van der Waals surface area contributed by atoms with Crippen molar-refractivity contribution in [2.45, 2.75) is 24.5 Å². The summed E-state index contributed by atoms with van der Waals surface area (Å²) < 4.78 is 7.01. The summed E-state index contributed by atoms with van der Waals surface area (Å²) in [5.41, 5.74) is 6.85. The number of anilines is 1. The van der Waals surface area contributed by atoms with E-state index in [2.05, 4.69) is 9.97 Å². The third-order valence-corrected chi connectivity index (χ3v) is 3.31. The number of nitrogens with two attached hydrogens (primary N) is 1. The van der Waals surface area contributed by atoms with Crippen molar-refractivity contribution < 1.29 is 20.1 Å². The Hall–Kier alpha value is -1.74. The molecular weight excluding hydrogens is 252 g/mol. The van der Waals surface area contributed by atoms with E-state index in [4.69, 9.17) is 15.6 Å². The molecule has 8 nitrogen and oxygen atoms in total. The van der Waals surface area contributed by atoms with Gasteiger partial charge < -0.3 is 30.4 Å². The molecular formula is C11H14N4O4. The maximum atomic E-state index is 9.98. The van der Waals surface area contributed by atoms with Gasteiger partial charge in [0.1, 0.15) is 23.8 Å². The first-order valence-corrected chi connectivity index (χ1v) is 5.83. The topological polar surface area (TPSA) is 127 Å². The normalized spacial score (nSPS) is 31.1. The number of hydrogen-bond acceptors (Lipinski definition) is 7. The second-order valence-electron chi connectivity index (χ2n) is 4.44. The van der Waals surface area contributed by atoms with Crippen LogP contribution in [0.25, 0.3) is 11.0 Å². The molecule has 0 amide bonds. The highest BCUT2D eigenvalue weighted by Crippen LogP contribution is 2.32. The Morgan fingerprint density at radius 2 is 2.11 bits per heavy atom. The number of nitrogens with zero attached hydrogens (tertiary/aromatic N) is 3. The summed E-state index contributed by atoms with van der Waals surface area (Å²) in [6.45, 7) is -0.370. The van der Waals surface area contributed by atoms with Crippen LogP contribution in [0, 0.1) is 0 Å².